The lowest BCUT2D eigenvalue weighted by atomic mass is 9.65. The highest BCUT2D eigenvalue weighted by atomic mass is 35.5. The third-order valence-corrected chi connectivity index (χ3v) is 7.28. The summed E-state index contributed by atoms with van der Waals surface area (Å²) in [5, 5.41) is 4.48. The Labute approximate surface area is 191 Å². The van der Waals surface area contributed by atoms with Gasteiger partial charge < -0.3 is 19.8 Å². The smallest absolute Gasteiger partial charge is 0.138 e. The number of imidazole rings is 1. The van der Waals surface area contributed by atoms with Crippen molar-refractivity contribution in [1.29, 1.82) is 0 Å². The van der Waals surface area contributed by atoms with E-state index in [1.54, 1.807) is 7.11 Å². The fourth-order valence-corrected chi connectivity index (χ4v) is 5.41. The zero-order valence-corrected chi connectivity index (χ0v) is 19.0. The summed E-state index contributed by atoms with van der Waals surface area (Å²) in [5.41, 5.74) is 6.28. The number of anilines is 1. The lowest BCUT2D eigenvalue weighted by Crippen LogP contribution is -2.46. The number of ether oxygens (including phenoxy) is 2. The van der Waals surface area contributed by atoms with Gasteiger partial charge in [-0.25, -0.2) is 4.98 Å². The Balaban J connectivity index is 1.45. The summed E-state index contributed by atoms with van der Waals surface area (Å²) >= 11 is 6.15. The number of fused-ring (bicyclic) bond motifs is 5. The average molecular weight is 446 g/mol. The fraction of sp³-hybridized carbons (Fsp3) is 0.269. The van der Waals surface area contributed by atoms with E-state index < -0.39 is 0 Å². The van der Waals surface area contributed by atoms with Crippen LogP contribution in [0.4, 0.5) is 5.69 Å². The van der Waals surface area contributed by atoms with Crippen LogP contribution in [0.25, 0.3) is 22.4 Å². The molecular weight excluding hydrogens is 422 g/mol. The van der Waals surface area contributed by atoms with Crippen molar-refractivity contribution in [3.8, 4) is 22.9 Å². The van der Waals surface area contributed by atoms with Crippen molar-refractivity contribution in [3.63, 3.8) is 0 Å². The van der Waals surface area contributed by atoms with Crippen LogP contribution in [0, 0.1) is 5.92 Å². The zero-order valence-electron chi connectivity index (χ0n) is 18.2. The number of benzene rings is 3. The maximum absolute atomic E-state index is 6.20. The first kappa shape index (κ1) is 19.5. The standard InChI is InChI=1S/C26H24ClN3O2/c1-26(2)16-11-14(25-29-19-10-8-15(27)12-20(19)30-25)7-9-18(16)28-24-17(26)13-32-22-6-4-5-21(31-3)23(22)24/h4-12,17,24,28H,13H2,1-3H3,(H,29,30)/t17-,24-/m0/s1. The van der Waals surface area contributed by atoms with Gasteiger partial charge >= 0.3 is 0 Å². The Morgan fingerprint density at radius 3 is 2.84 bits per heavy atom. The number of aromatic nitrogens is 2. The molecule has 2 aliphatic rings. The third-order valence-electron chi connectivity index (χ3n) is 7.05. The lowest BCUT2D eigenvalue weighted by Gasteiger charge is -2.48. The SMILES string of the molecule is COc1cccc2c1[C@H]1Nc3ccc(-c4nc5cc(Cl)ccc5[nH]4)cc3C(C)(C)[C@H]1CO2. The maximum atomic E-state index is 6.20. The second kappa shape index (κ2) is 6.91. The van der Waals surface area contributed by atoms with Crippen molar-refractivity contribution in [2.45, 2.75) is 25.3 Å². The lowest BCUT2D eigenvalue weighted by molar-refractivity contribution is 0.133. The zero-order chi connectivity index (χ0) is 22.0. The molecule has 4 aromatic rings. The van der Waals surface area contributed by atoms with E-state index in [0.29, 0.717) is 11.6 Å². The molecule has 1 aromatic heterocycles. The average Bonchev–Trinajstić information content (AvgIpc) is 3.21. The van der Waals surface area contributed by atoms with Crippen LogP contribution in [0.2, 0.25) is 5.02 Å². The molecule has 5 nitrogen and oxygen atoms in total. The monoisotopic (exact) mass is 445 g/mol. The first-order valence-electron chi connectivity index (χ1n) is 10.8. The Morgan fingerprint density at radius 2 is 2.00 bits per heavy atom. The summed E-state index contributed by atoms with van der Waals surface area (Å²) in [6.45, 7) is 5.25. The molecule has 162 valence electrons. The summed E-state index contributed by atoms with van der Waals surface area (Å²) in [6.07, 6.45) is 0. The molecule has 0 unspecified atom stereocenters. The second-order valence-corrected chi connectivity index (χ2v) is 9.58. The molecule has 32 heavy (non-hydrogen) atoms. The van der Waals surface area contributed by atoms with Gasteiger partial charge in [0.2, 0.25) is 0 Å². The van der Waals surface area contributed by atoms with E-state index in [4.69, 9.17) is 26.1 Å². The highest BCUT2D eigenvalue weighted by Crippen LogP contribution is 2.54. The van der Waals surface area contributed by atoms with Gasteiger partial charge in [0.25, 0.3) is 0 Å². The van der Waals surface area contributed by atoms with Crippen LogP contribution in [0.15, 0.2) is 54.6 Å². The van der Waals surface area contributed by atoms with Gasteiger partial charge in [0.15, 0.2) is 0 Å². The molecule has 3 heterocycles. The van der Waals surface area contributed by atoms with Gasteiger partial charge in [0, 0.05) is 27.6 Å². The van der Waals surface area contributed by atoms with Gasteiger partial charge in [-0.05, 0) is 54.1 Å². The molecule has 2 aliphatic heterocycles. The molecule has 0 spiro atoms. The van der Waals surface area contributed by atoms with Crippen LogP contribution in [0.1, 0.15) is 31.0 Å². The van der Waals surface area contributed by atoms with Crippen molar-refractivity contribution in [2.24, 2.45) is 5.92 Å². The summed E-state index contributed by atoms with van der Waals surface area (Å²) in [5.74, 6) is 2.86. The van der Waals surface area contributed by atoms with Crippen molar-refractivity contribution < 1.29 is 9.47 Å². The minimum Gasteiger partial charge on any atom is -0.496 e. The predicted molar refractivity (Wildman–Crippen MR) is 128 cm³/mol. The van der Waals surface area contributed by atoms with E-state index in [1.807, 2.05) is 36.4 Å². The molecule has 0 radical (unpaired) electrons. The molecule has 0 bridgehead atoms. The first-order chi connectivity index (χ1) is 15.5. The number of aromatic amines is 1. The van der Waals surface area contributed by atoms with Crippen LogP contribution in [-0.4, -0.2) is 23.7 Å². The normalized spacial score (nSPS) is 20.5. The number of hydrogen-bond donors (Lipinski definition) is 2. The molecule has 0 amide bonds. The molecule has 2 atom stereocenters. The fourth-order valence-electron chi connectivity index (χ4n) is 5.24. The predicted octanol–water partition coefficient (Wildman–Crippen LogP) is 6.34. The molecule has 0 saturated heterocycles. The minimum absolute atomic E-state index is 0.116. The van der Waals surface area contributed by atoms with Crippen LogP contribution in [0.3, 0.4) is 0 Å². The second-order valence-electron chi connectivity index (χ2n) is 9.14. The maximum Gasteiger partial charge on any atom is 0.138 e. The van der Waals surface area contributed by atoms with Gasteiger partial charge in [-0.1, -0.05) is 31.5 Å². The van der Waals surface area contributed by atoms with Crippen molar-refractivity contribution in [2.75, 3.05) is 19.0 Å². The molecule has 2 N–H and O–H groups in total. The number of methoxy groups -OCH3 is 1. The van der Waals surface area contributed by atoms with Crippen molar-refractivity contribution in [3.05, 3.63) is 70.7 Å². The van der Waals surface area contributed by atoms with E-state index in [1.165, 1.54) is 5.56 Å². The number of rotatable bonds is 2. The van der Waals surface area contributed by atoms with E-state index in [0.717, 1.165) is 45.2 Å². The van der Waals surface area contributed by atoms with Gasteiger partial charge in [0.05, 0.1) is 36.4 Å². The largest absolute Gasteiger partial charge is 0.496 e. The first-order valence-corrected chi connectivity index (χ1v) is 11.2. The van der Waals surface area contributed by atoms with E-state index >= 15 is 0 Å². The number of nitrogens with zero attached hydrogens (tertiary/aromatic N) is 1. The Morgan fingerprint density at radius 1 is 1.12 bits per heavy atom. The van der Waals surface area contributed by atoms with Crippen LogP contribution >= 0.6 is 11.6 Å². The van der Waals surface area contributed by atoms with E-state index in [9.17, 15) is 0 Å². The molecule has 6 heteroatoms. The summed E-state index contributed by atoms with van der Waals surface area (Å²) < 4.78 is 11.9. The molecule has 0 fully saturated rings. The molecule has 3 aromatic carbocycles. The number of halogens is 1. The van der Waals surface area contributed by atoms with Gasteiger partial charge in [-0.15, -0.1) is 0 Å². The topological polar surface area (TPSA) is 59.2 Å². The van der Waals surface area contributed by atoms with Gasteiger partial charge in [-0.2, -0.15) is 0 Å². The third kappa shape index (κ3) is 2.81. The highest BCUT2D eigenvalue weighted by molar-refractivity contribution is 6.31. The summed E-state index contributed by atoms with van der Waals surface area (Å²) in [6, 6.07) is 18.4. The van der Waals surface area contributed by atoms with Crippen molar-refractivity contribution in [1.82, 2.24) is 9.97 Å². The molecule has 6 rings (SSSR count). The molecular formula is C26H24ClN3O2. The number of H-pyrrole nitrogens is 1. The Hall–Kier alpha value is -3.18. The quantitative estimate of drug-likeness (QED) is 0.377. The summed E-state index contributed by atoms with van der Waals surface area (Å²) in [7, 11) is 1.72. The van der Waals surface area contributed by atoms with Crippen molar-refractivity contribution >= 4 is 28.3 Å². The number of nitrogens with one attached hydrogen (secondary N) is 2. The molecule has 0 aliphatic carbocycles. The van der Waals surface area contributed by atoms with Gasteiger partial charge in [0.1, 0.15) is 17.3 Å². The Bertz CT molecular complexity index is 1350. The van der Waals surface area contributed by atoms with Crippen LogP contribution < -0.4 is 14.8 Å². The highest BCUT2D eigenvalue weighted by Gasteiger charge is 2.47. The van der Waals surface area contributed by atoms with Gasteiger partial charge in [-0.3, -0.25) is 0 Å². The van der Waals surface area contributed by atoms with E-state index in [-0.39, 0.29) is 17.4 Å². The van der Waals surface area contributed by atoms with Crippen LogP contribution in [-0.2, 0) is 5.41 Å². The van der Waals surface area contributed by atoms with E-state index in [2.05, 4.69) is 42.3 Å². The molecule has 0 saturated carbocycles. The Kier molecular flexibility index (Phi) is 4.21. The minimum atomic E-state index is -0.116. The van der Waals surface area contributed by atoms with Crippen LogP contribution in [0.5, 0.6) is 11.5 Å². The number of hydrogen-bond acceptors (Lipinski definition) is 4. The summed E-state index contributed by atoms with van der Waals surface area (Å²) in [4.78, 5) is 8.20.